The summed E-state index contributed by atoms with van der Waals surface area (Å²) in [5.41, 5.74) is -2.64. The van der Waals surface area contributed by atoms with Gasteiger partial charge in [0.25, 0.3) is 5.92 Å². The van der Waals surface area contributed by atoms with Crippen LogP contribution in [0.5, 0.6) is 0 Å². The average molecular weight is 244 g/mol. The van der Waals surface area contributed by atoms with E-state index in [1.165, 1.54) is 0 Å². The summed E-state index contributed by atoms with van der Waals surface area (Å²) in [4.78, 5) is 11.0. The first-order valence-electron chi connectivity index (χ1n) is 5.27. The number of benzene rings is 1. The Bertz CT molecular complexity index is 453. The molecular weight excluding hydrogens is 233 g/mol. The number of rotatable bonds is 3. The Labute approximate surface area is 96.1 Å². The van der Waals surface area contributed by atoms with E-state index in [4.69, 9.17) is 5.11 Å². The van der Waals surface area contributed by atoms with Gasteiger partial charge in [0.1, 0.15) is 11.2 Å². The lowest BCUT2D eigenvalue weighted by molar-refractivity contribution is -0.201. The number of hydrogen-bond acceptors (Lipinski definition) is 1. The molecule has 2 nitrogen and oxygen atoms in total. The number of alkyl halides is 2. The average Bonchev–Trinajstić information content (AvgIpc) is 2.14. The van der Waals surface area contributed by atoms with Gasteiger partial charge in [-0.3, -0.25) is 4.79 Å². The van der Waals surface area contributed by atoms with Crippen molar-refractivity contribution in [1.29, 1.82) is 0 Å². The third-order valence-corrected chi connectivity index (χ3v) is 3.40. The zero-order valence-corrected chi connectivity index (χ0v) is 8.92. The van der Waals surface area contributed by atoms with Crippen molar-refractivity contribution in [3.05, 3.63) is 35.6 Å². The van der Waals surface area contributed by atoms with Gasteiger partial charge in [-0.1, -0.05) is 18.6 Å². The van der Waals surface area contributed by atoms with Gasteiger partial charge in [0.2, 0.25) is 0 Å². The molecule has 1 N–H and O–H groups in total. The van der Waals surface area contributed by atoms with Gasteiger partial charge in [-0.15, -0.1) is 0 Å². The van der Waals surface area contributed by atoms with Gasteiger partial charge in [0.05, 0.1) is 0 Å². The molecule has 0 amide bonds. The number of carboxylic acid groups (broad SMARTS) is 1. The Morgan fingerprint density at radius 2 is 2.00 bits per heavy atom. The fourth-order valence-electron chi connectivity index (χ4n) is 2.15. The van der Waals surface area contributed by atoms with Crippen LogP contribution in [0.15, 0.2) is 24.3 Å². The summed E-state index contributed by atoms with van der Waals surface area (Å²) in [5.74, 6) is -5.85. The molecule has 2 rings (SSSR count). The predicted molar refractivity (Wildman–Crippen MR) is 54.2 cm³/mol. The van der Waals surface area contributed by atoms with E-state index in [1.807, 2.05) is 0 Å². The van der Waals surface area contributed by atoms with Crippen molar-refractivity contribution in [2.24, 2.45) is 5.41 Å². The third-order valence-electron chi connectivity index (χ3n) is 3.40. The van der Waals surface area contributed by atoms with Gasteiger partial charge in [0.15, 0.2) is 0 Å². The van der Waals surface area contributed by atoms with Crippen LogP contribution >= 0.6 is 0 Å². The Kier molecular flexibility index (Phi) is 2.64. The smallest absolute Gasteiger partial charge is 0.316 e. The monoisotopic (exact) mass is 244 g/mol. The molecule has 1 aliphatic rings. The van der Waals surface area contributed by atoms with Gasteiger partial charge in [-0.2, -0.15) is 0 Å². The first kappa shape index (κ1) is 12.0. The van der Waals surface area contributed by atoms with Gasteiger partial charge in [-0.05, 0) is 25.0 Å². The van der Waals surface area contributed by atoms with Gasteiger partial charge in [0, 0.05) is 5.56 Å². The number of halogens is 3. The number of carbonyl (C=O) groups is 1. The number of carboxylic acids is 1. The summed E-state index contributed by atoms with van der Waals surface area (Å²) in [5, 5.41) is 8.98. The molecule has 0 aromatic heterocycles. The van der Waals surface area contributed by atoms with Crippen LogP contribution in [0.1, 0.15) is 24.8 Å². The maximum Gasteiger partial charge on any atom is 0.316 e. The molecule has 0 aliphatic heterocycles. The Hall–Kier alpha value is -1.52. The molecule has 0 spiro atoms. The van der Waals surface area contributed by atoms with E-state index in [0.717, 1.165) is 18.2 Å². The standard InChI is InChI=1S/C12H11F3O2/c13-9-4-1-3-8(7-9)12(14,15)11(10(16)17)5-2-6-11/h1,3-4,7H,2,5-6H2,(H,16,17). The summed E-state index contributed by atoms with van der Waals surface area (Å²) in [6.45, 7) is 0. The van der Waals surface area contributed by atoms with Crippen LogP contribution in [0.2, 0.25) is 0 Å². The van der Waals surface area contributed by atoms with E-state index < -0.39 is 28.7 Å². The highest BCUT2D eigenvalue weighted by molar-refractivity contribution is 5.77. The molecule has 1 aliphatic carbocycles. The van der Waals surface area contributed by atoms with Crippen molar-refractivity contribution in [3.8, 4) is 0 Å². The second kappa shape index (κ2) is 3.75. The second-order valence-corrected chi connectivity index (χ2v) is 4.33. The van der Waals surface area contributed by atoms with Crippen molar-refractivity contribution in [3.63, 3.8) is 0 Å². The van der Waals surface area contributed by atoms with Gasteiger partial charge in [-0.25, -0.2) is 13.2 Å². The molecule has 17 heavy (non-hydrogen) atoms. The maximum absolute atomic E-state index is 14.1. The van der Waals surface area contributed by atoms with Crippen molar-refractivity contribution in [2.75, 3.05) is 0 Å². The van der Waals surface area contributed by atoms with Crippen LogP contribution in [0.3, 0.4) is 0 Å². The topological polar surface area (TPSA) is 37.3 Å². The molecule has 92 valence electrons. The van der Waals surface area contributed by atoms with Crippen LogP contribution in [0.4, 0.5) is 13.2 Å². The second-order valence-electron chi connectivity index (χ2n) is 4.33. The van der Waals surface area contributed by atoms with E-state index in [-0.39, 0.29) is 12.8 Å². The summed E-state index contributed by atoms with van der Waals surface area (Å²) < 4.78 is 41.2. The van der Waals surface area contributed by atoms with E-state index in [2.05, 4.69) is 0 Å². The van der Waals surface area contributed by atoms with Crippen LogP contribution in [-0.2, 0) is 10.7 Å². The van der Waals surface area contributed by atoms with Crippen molar-refractivity contribution in [2.45, 2.75) is 25.2 Å². The molecule has 5 heteroatoms. The molecule has 1 aromatic rings. The van der Waals surface area contributed by atoms with E-state index >= 15 is 0 Å². The van der Waals surface area contributed by atoms with E-state index in [0.29, 0.717) is 12.5 Å². The van der Waals surface area contributed by atoms with Gasteiger partial charge < -0.3 is 5.11 Å². The lowest BCUT2D eigenvalue weighted by atomic mass is 9.63. The minimum absolute atomic E-state index is 0.0775. The van der Waals surface area contributed by atoms with Crippen LogP contribution in [0.25, 0.3) is 0 Å². The van der Waals surface area contributed by atoms with Crippen molar-refractivity contribution < 1.29 is 23.1 Å². The largest absolute Gasteiger partial charge is 0.481 e. The lowest BCUT2D eigenvalue weighted by Gasteiger charge is -2.43. The minimum Gasteiger partial charge on any atom is -0.481 e. The Morgan fingerprint density at radius 3 is 2.41 bits per heavy atom. The fraction of sp³-hybridized carbons (Fsp3) is 0.417. The molecular formula is C12H11F3O2. The number of aliphatic carboxylic acids is 1. The number of hydrogen-bond donors (Lipinski definition) is 1. The quantitative estimate of drug-likeness (QED) is 0.886. The summed E-state index contributed by atoms with van der Waals surface area (Å²) in [7, 11) is 0. The SMILES string of the molecule is O=C(O)C1(C(F)(F)c2cccc(F)c2)CCC1. The van der Waals surface area contributed by atoms with E-state index in [1.54, 1.807) is 0 Å². The molecule has 0 unspecified atom stereocenters. The van der Waals surface area contributed by atoms with Crippen molar-refractivity contribution in [1.82, 2.24) is 0 Å². The third kappa shape index (κ3) is 1.61. The molecule has 0 heterocycles. The molecule has 0 bridgehead atoms. The lowest BCUT2D eigenvalue weighted by Crippen LogP contribution is -2.50. The molecule has 1 fully saturated rings. The highest BCUT2D eigenvalue weighted by Gasteiger charge is 2.63. The summed E-state index contributed by atoms with van der Waals surface area (Å²) in [6.07, 6.45) is 0.300. The normalized spacial score (nSPS) is 18.5. The maximum atomic E-state index is 14.1. The van der Waals surface area contributed by atoms with Crippen LogP contribution in [0, 0.1) is 11.2 Å². The predicted octanol–water partition coefficient (Wildman–Crippen LogP) is 3.17. The summed E-state index contributed by atoms with van der Waals surface area (Å²) in [6, 6.07) is 3.97. The first-order valence-corrected chi connectivity index (χ1v) is 5.27. The van der Waals surface area contributed by atoms with Crippen molar-refractivity contribution >= 4 is 5.97 Å². The highest BCUT2D eigenvalue weighted by Crippen LogP contribution is 2.57. The molecule has 1 aromatic carbocycles. The minimum atomic E-state index is -3.54. The highest BCUT2D eigenvalue weighted by atomic mass is 19.3. The summed E-state index contributed by atoms with van der Waals surface area (Å²) >= 11 is 0. The van der Waals surface area contributed by atoms with Gasteiger partial charge >= 0.3 is 5.97 Å². The molecule has 0 saturated heterocycles. The Balaban J connectivity index is 2.45. The molecule has 0 atom stereocenters. The van der Waals surface area contributed by atoms with Crippen LogP contribution in [-0.4, -0.2) is 11.1 Å². The fourth-order valence-corrected chi connectivity index (χ4v) is 2.15. The van der Waals surface area contributed by atoms with E-state index in [9.17, 15) is 18.0 Å². The van der Waals surface area contributed by atoms with Crippen LogP contribution < -0.4 is 0 Å². The molecule has 0 radical (unpaired) electrons. The Morgan fingerprint density at radius 1 is 1.35 bits per heavy atom. The zero-order chi connectivity index (χ0) is 12.7. The first-order chi connectivity index (χ1) is 7.90. The zero-order valence-electron chi connectivity index (χ0n) is 8.92. The molecule has 1 saturated carbocycles.